The van der Waals surface area contributed by atoms with E-state index in [1.54, 1.807) is 6.07 Å². The molecule has 0 aliphatic heterocycles. The molecule has 0 radical (unpaired) electrons. The average Bonchev–Trinajstić information content (AvgIpc) is 3.06. The Morgan fingerprint density at radius 2 is 2.19 bits per heavy atom. The monoisotopic (exact) mass is 240 g/mol. The maximum absolute atomic E-state index is 13.3. The van der Waals surface area contributed by atoms with E-state index in [9.17, 15) is 9.18 Å². The van der Waals surface area contributed by atoms with Crippen molar-refractivity contribution < 1.29 is 9.18 Å². The third kappa shape index (κ3) is 3.05. The van der Waals surface area contributed by atoms with E-state index in [2.05, 4.69) is 0 Å². The summed E-state index contributed by atoms with van der Waals surface area (Å²) in [5.41, 5.74) is 0.607. The van der Waals surface area contributed by atoms with Crippen molar-refractivity contribution in [1.29, 1.82) is 0 Å². The van der Waals surface area contributed by atoms with E-state index in [0.29, 0.717) is 41.5 Å². The van der Waals surface area contributed by atoms with Gasteiger partial charge in [-0.15, -0.1) is 0 Å². The first kappa shape index (κ1) is 11.6. The Labute approximate surface area is 99.6 Å². The quantitative estimate of drug-likeness (QED) is 0.766. The Morgan fingerprint density at radius 3 is 2.88 bits per heavy atom. The molecule has 0 N–H and O–H groups in total. The maximum atomic E-state index is 13.3. The Bertz CT molecular complexity index is 399. The zero-order valence-electron chi connectivity index (χ0n) is 9.01. The summed E-state index contributed by atoms with van der Waals surface area (Å²) in [6.45, 7) is 0. The minimum absolute atomic E-state index is 0.233. The molecular formula is C13H14ClFO. The summed E-state index contributed by atoms with van der Waals surface area (Å²) in [6, 6.07) is 4.55. The summed E-state index contributed by atoms with van der Waals surface area (Å²) >= 11 is 5.79. The molecule has 1 aliphatic rings. The number of ketones is 1. The van der Waals surface area contributed by atoms with Gasteiger partial charge in [0.1, 0.15) is 11.6 Å². The number of benzene rings is 1. The molecule has 1 fully saturated rings. The summed E-state index contributed by atoms with van der Waals surface area (Å²) in [5, 5.41) is 0.546. The third-order valence-corrected chi connectivity index (χ3v) is 3.14. The second-order valence-electron chi connectivity index (χ2n) is 4.33. The van der Waals surface area contributed by atoms with Gasteiger partial charge >= 0.3 is 0 Å². The highest BCUT2D eigenvalue weighted by Gasteiger charge is 2.28. The van der Waals surface area contributed by atoms with Crippen molar-refractivity contribution in [2.75, 3.05) is 0 Å². The molecule has 1 aromatic rings. The normalized spacial score (nSPS) is 15.1. The van der Waals surface area contributed by atoms with Gasteiger partial charge in [0.25, 0.3) is 0 Å². The molecule has 0 atom stereocenters. The number of aryl methyl sites for hydroxylation is 1. The fraction of sp³-hybridized carbons (Fsp3) is 0.462. The molecule has 1 aromatic carbocycles. The van der Waals surface area contributed by atoms with Crippen LogP contribution in [-0.2, 0) is 11.2 Å². The van der Waals surface area contributed by atoms with Gasteiger partial charge in [-0.05, 0) is 49.4 Å². The standard InChI is InChI=1S/C13H14ClFO/c14-11-6-7-12(15)10(8-11)2-1-3-13(16)9-4-5-9/h6-9H,1-5H2. The van der Waals surface area contributed by atoms with Gasteiger partial charge in [0.05, 0.1) is 0 Å². The van der Waals surface area contributed by atoms with E-state index >= 15 is 0 Å². The molecule has 2 rings (SSSR count). The third-order valence-electron chi connectivity index (χ3n) is 2.91. The van der Waals surface area contributed by atoms with Crippen LogP contribution in [0, 0.1) is 11.7 Å². The molecule has 1 aliphatic carbocycles. The lowest BCUT2D eigenvalue weighted by molar-refractivity contribution is -0.120. The summed E-state index contributed by atoms with van der Waals surface area (Å²) in [6.07, 6.45) is 3.96. The van der Waals surface area contributed by atoms with Gasteiger partial charge in [0, 0.05) is 17.4 Å². The van der Waals surface area contributed by atoms with Gasteiger partial charge in [0.15, 0.2) is 0 Å². The van der Waals surface area contributed by atoms with Crippen LogP contribution >= 0.6 is 11.6 Å². The number of hydrogen-bond acceptors (Lipinski definition) is 1. The molecule has 0 amide bonds. The SMILES string of the molecule is O=C(CCCc1cc(Cl)ccc1F)C1CC1. The van der Waals surface area contributed by atoms with Crippen LogP contribution in [0.15, 0.2) is 18.2 Å². The van der Waals surface area contributed by atoms with Crippen molar-refractivity contribution in [2.45, 2.75) is 32.1 Å². The lowest BCUT2D eigenvalue weighted by Crippen LogP contribution is -2.01. The van der Waals surface area contributed by atoms with Crippen LogP contribution in [0.4, 0.5) is 4.39 Å². The van der Waals surface area contributed by atoms with Gasteiger partial charge in [-0.2, -0.15) is 0 Å². The van der Waals surface area contributed by atoms with Crippen molar-refractivity contribution in [1.82, 2.24) is 0 Å². The Kier molecular flexibility index (Phi) is 3.59. The van der Waals surface area contributed by atoms with E-state index in [1.165, 1.54) is 12.1 Å². The van der Waals surface area contributed by atoms with Crippen molar-refractivity contribution in [3.8, 4) is 0 Å². The zero-order chi connectivity index (χ0) is 11.5. The maximum Gasteiger partial charge on any atom is 0.135 e. The number of carbonyl (C=O) groups is 1. The second kappa shape index (κ2) is 4.96. The molecule has 0 saturated heterocycles. The van der Waals surface area contributed by atoms with Gasteiger partial charge in [-0.1, -0.05) is 11.6 Å². The van der Waals surface area contributed by atoms with Crippen LogP contribution in [0.25, 0.3) is 0 Å². The van der Waals surface area contributed by atoms with Crippen molar-refractivity contribution in [3.05, 3.63) is 34.6 Å². The summed E-state index contributed by atoms with van der Waals surface area (Å²) in [7, 11) is 0. The first-order valence-corrected chi connectivity index (χ1v) is 6.01. The predicted molar refractivity (Wildman–Crippen MR) is 62.1 cm³/mol. The fourth-order valence-corrected chi connectivity index (χ4v) is 1.99. The lowest BCUT2D eigenvalue weighted by atomic mass is 10.0. The van der Waals surface area contributed by atoms with Crippen molar-refractivity contribution >= 4 is 17.4 Å². The minimum atomic E-state index is -0.233. The largest absolute Gasteiger partial charge is 0.299 e. The van der Waals surface area contributed by atoms with Crippen LogP contribution in [0.5, 0.6) is 0 Å². The van der Waals surface area contributed by atoms with Crippen LogP contribution in [-0.4, -0.2) is 5.78 Å². The van der Waals surface area contributed by atoms with E-state index in [-0.39, 0.29) is 5.82 Å². The smallest absolute Gasteiger partial charge is 0.135 e. The Balaban J connectivity index is 1.84. The summed E-state index contributed by atoms with van der Waals surface area (Å²) in [5.74, 6) is 0.412. The lowest BCUT2D eigenvalue weighted by Gasteiger charge is -2.03. The van der Waals surface area contributed by atoms with Crippen LogP contribution in [0.3, 0.4) is 0 Å². The van der Waals surface area contributed by atoms with Crippen LogP contribution in [0.1, 0.15) is 31.2 Å². The molecular weight excluding hydrogens is 227 g/mol. The molecule has 0 aromatic heterocycles. The van der Waals surface area contributed by atoms with Gasteiger partial charge < -0.3 is 0 Å². The Morgan fingerprint density at radius 1 is 1.44 bits per heavy atom. The topological polar surface area (TPSA) is 17.1 Å². The molecule has 1 saturated carbocycles. The highest BCUT2D eigenvalue weighted by atomic mass is 35.5. The average molecular weight is 241 g/mol. The molecule has 0 unspecified atom stereocenters. The second-order valence-corrected chi connectivity index (χ2v) is 4.77. The van der Waals surface area contributed by atoms with Crippen LogP contribution in [0.2, 0.25) is 5.02 Å². The molecule has 3 heteroatoms. The number of rotatable bonds is 5. The number of Topliss-reactive ketones (excluding diaryl/α,β-unsaturated/α-hetero) is 1. The van der Waals surface area contributed by atoms with Crippen LogP contribution < -0.4 is 0 Å². The van der Waals surface area contributed by atoms with Gasteiger partial charge in [0.2, 0.25) is 0 Å². The fourth-order valence-electron chi connectivity index (χ4n) is 1.80. The summed E-state index contributed by atoms with van der Waals surface area (Å²) < 4.78 is 13.3. The molecule has 1 nitrogen and oxygen atoms in total. The highest BCUT2D eigenvalue weighted by molar-refractivity contribution is 6.30. The van der Waals surface area contributed by atoms with E-state index in [4.69, 9.17) is 11.6 Å². The number of carbonyl (C=O) groups excluding carboxylic acids is 1. The molecule has 0 heterocycles. The summed E-state index contributed by atoms with van der Waals surface area (Å²) in [4.78, 5) is 11.4. The van der Waals surface area contributed by atoms with Gasteiger partial charge in [-0.25, -0.2) is 4.39 Å². The molecule has 0 spiro atoms. The minimum Gasteiger partial charge on any atom is -0.299 e. The predicted octanol–water partition coefficient (Wildman–Crippen LogP) is 3.78. The Hall–Kier alpha value is -0.890. The number of halogens is 2. The molecule has 86 valence electrons. The van der Waals surface area contributed by atoms with E-state index in [0.717, 1.165) is 12.8 Å². The first-order chi connectivity index (χ1) is 7.66. The van der Waals surface area contributed by atoms with Crippen molar-refractivity contribution in [3.63, 3.8) is 0 Å². The molecule has 16 heavy (non-hydrogen) atoms. The van der Waals surface area contributed by atoms with E-state index in [1.807, 2.05) is 0 Å². The zero-order valence-corrected chi connectivity index (χ0v) is 9.77. The number of hydrogen-bond donors (Lipinski definition) is 0. The first-order valence-electron chi connectivity index (χ1n) is 5.63. The molecule has 0 bridgehead atoms. The van der Waals surface area contributed by atoms with Crippen molar-refractivity contribution in [2.24, 2.45) is 5.92 Å². The highest BCUT2D eigenvalue weighted by Crippen LogP contribution is 2.31. The van der Waals surface area contributed by atoms with Gasteiger partial charge in [-0.3, -0.25) is 4.79 Å². The van der Waals surface area contributed by atoms with E-state index < -0.39 is 0 Å².